The van der Waals surface area contributed by atoms with Gasteiger partial charge in [0.05, 0.1) is 33.5 Å². The van der Waals surface area contributed by atoms with Gasteiger partial charge in [-0.2, -0.15) is 5.10 Å². The fourth-order valence-electron chi connectivity index (χ4n) is 3.28. The number of nitro groups is 2. The van der Waals surface area contributed by atoms with Crippen LogP contribution in [0.3, 0.4) is 0 Å². The molecule has 1 aromatic heterocycles. The van der Waals surface area contributed by atoms with E-state index in [4.69, 9.17) is 16.0 Å². The Labute approximate surface area is 179 Å². The third-order valence-electron chi connectivity index (χ3n) is 4.74. The Morgan fingerprint density at radius 1 is 1.06 bits per heavy atom. The van der Waals surface area contributed by atoms with E-state index in [0.717, 1.165) is 28.8 Å². The van der Waals surface area contributed by atoms with Crippen LogP contribution in [0.2, 0.25) is 5.02 Å². The van der Waals surface area contributed by atoms with Crippen LogP contribution in [0.4, 0.5) is 11.4 Å². The molecule has 3 aromatic rings. The molecule has 0 saturated carbocycles. The maximum absolute atomic E-state index is 13.2. The van der Waals surface area contributed by atoms with Crippen molar-refractivity contribution < 1.29 is 19.1 Å². The Hall–Kier alpha value is -4.05. The first-order valence-electron chi connectivity index (χ1n) is 8.98. The van der Waals surface area contributed by atoms with E-state index in [0.29, 0.717) is 22.9 Å². The highest BCUT2D eigenvalue weighted by atomic mass is 35.5. The second kappa shape index (κ2) is 8.00. The second-order valence-electron chi connectivity index (χ2n) is 6.69. The molecule has 11 heteroatoms. The summed E-state index contributed by atoms with van der Waals surface area (Å²) in [4.78, 5) is 34.0. The van der Waals surface area contributed by atoms with E-state index in [-0.39, 0.29) is 5.56 Å². The van der Waals surface area contributed by atoms with Gasteiger partial charge in [0, 0.05) is 23.6 Å². The molecule has 1 atom stereocenters. The summed E-state index contributed by atoms with van der Waals surface area (Å²) < 4.78 is 5.46. The zero-order valence-electron chi connectivity index (χ0n) is 15.7. The average Bonchev–Trinajstić information content (AvgIpc) is 3.43. The van der Waals surface area contributed by atoms with Crippen LogP contribution in [0.15, 0.2) is 70.4 Å². The Morgan fingerprint density at radius 2 is 1.71 bits per heavy atom. The highest BCUT2D eigenvalue weighted by Crippen LogP contribution is 2.35. The molecule has 1 aliphatic heterocycles. The van der Waals surface area contributed by atoms with Gasteiger partial charge in [-0.15, -0.1) is 0 Å². The van der Waals surface area contributed by atoms with Crippen molar-refractivity contribution in [2.24, 2.45) is 5.10 Å². The van der Waals surface area contributed by atoms with Crippen LogP contribution in [0.1, 0.15) is 34.1 Å². The third-order valence-corrected chi connectivity index (χ3v) is 4.99. The molecule has 2 heterocycles. The van der Waals surface area contributed by atoms with Crippen LogP contribution < -0.4 is 0 Å². The number of hydrogen-bond donors (Lipinski definition) is 0. The molecule has 156 valence electrons. The SMILES string of the molecule is O=C(c1cc([N+](=O)[O-])cc([N+](=O)[O-])c1)N1N=C(c2ccc(Cl)cc2)C[C@H]1c1ccco1. The van der Waals surface area contributed by atoms with Gasteiger partial charge in [-0.25, -0.2) is 5.01 Å². The molecule has 0 unspecified atom stereocenters. The number of furan rings is 1. The first kappa shape index (κ1) is 20.2. The van der Waals surface area contributed by atoms with Crippen molar-refractivity contribution in [3.8, 4) is 0 Å². The van der Waals surface area contributed by atoms with E-state index in [1.54, 1.807) is 36.4 Å². The average molecular weight is 441 g/mol. The Kier molecular flexibility index (Phi) is 5.22. The summed E-state index contributed by atoms with van der Waals surface area (Å²) in [6.07, 6.45) is 1.77. The number of nitro benzene ring substituents is 2. The Morgan fingerprint density at radius 3 is 2.26 bits per heavy atom. The van der Waals surface area contributed by atoms with Gasteiger partial charge in [0.1, 0.15) is 11.8 Å². The lowest BCUT2D eigenvalue weighted by atomic mass is 10.0. The minimum Gasteiger partial charge on any atom is -0.467 e. The van der Waals surface area contributed by atoms with E-state index in [9.17, 15) is 25.0 Å². The normalized spacial score (nSPS) is 15.6. The van der Waals surface area contributed by atoms with Crippen LogP contribution >= 0.6 is 11.6 Å². The van der Waals surface area contributed by atoms with E-state index >= 15 is 0 Å². The summed E-state index contributed by atoms with van der Waals surface area (Å²) in [6, 6.07) is 12.4. The standard InChI is InChI=1S/C20H13ClN4O6/c21-14-5-3-12(4-6-14)17-11-18(19-2-1-7-31-19)23(22-17)20(26)13-8-15(24(27)28)10-16(9-13)25(29)30/h1-10,18H,11H2/t18-/m0/s1. The molecule has 0 spiro atoms. The van der Waals surface area contributed by atoms with Gasteiger partial charge in [-0.1, -0.05) is 23.7 Å². The molecule has 1 amide bonds. The van der Waals surface area contributed by atoms with E-state index in [1.807, 2.05) is 0 Å². The fraction of sp³-hybridized carbons (Fsp3) is 0.100. The summed E-state index contributed by atoms with van der Waals surface area (Å²) in [5, 5.41) is 28.5. The third kappa shape index (κ3) is 4.01. The van der Waals surface area contributed by atoms with Crippen molar-refractivity contribution >= 4 is 34.6 Å². The predicted molar refractivity (Wildman–Crippen MR) is 110 cm³/mol. The number of halogens is 1. The summed E-state index contributed by atoms with van der Waals surface area (Å²) in [5.74, 6) is -0.266. The van der Waals surface area contributed by atoms with Crippen LogP contribution in [-0.2, 0) is 0 Å². The van der Waals surface area contributed by atoms with Gasteiger partial charge in [0.25, 0.3) is 17.3 Å². The van der Waals surface area contributed by atoms with Crippen molar-refractivity contribution in [1.82, 2.24) is 5.01 Å². The first-order chi connectivity index (χ1) is 14.8. The summed E-state index contributed by atoms with van der Waals surface area (Å²) in [7, 11) is 0. The maximum atomic E-state index is 13.2. The Balaban J connectivity index is 1.77. The minimum atomic E-state index is -0.791. The lowest BCUT2D eigenvalue weighted by Crippen LogP contribution is -2.27. The molecule has 0 bridgehead atoms. The number of rotatable bonds is 5. The molecule has 0 N–H and O–H groups in total. The lowest BCUT2D eigenvalue weighted by Gasteiger charge is -2.19. The van der Waals surface area contributed by atoms with E-state index in [1.165, 1.54) is 6.26 Å². The van der Waals surface area contributed by atoms with Crippen LogP contribution in [0.25, 0.3) is 0 Å². The highest BCUT2D eigenvalue weighted by molar-refractivity contribution is 6.30. The molecule has 0 radical (unpaired) electrons. The van der Waals surface area contributed by atoms with Crippen molar-refractivity contribution in [2.45, 2.75) is 12.5 Å². The number of non-ortho nitro benzene ring substituents is 2. The fourth-order valence-corrected chi connectivity index (χ4v) is 3.40. The zero-order chi connectivity index (χ0) is 22.1. The molecule has 0 fully saturated rings. The van der Waals surface area contributed by atoms with Gasteiger partial charge in [0.2, 0.25) is 0 Å². The van der Waals surface area contributed by atoms with Crippen LogP contribution in [-0.4, -0.2) is 26.5 Å². The van der Waals surface area contributed by atoms with Crippen molar-refractivity contribution in [2.75, 3.05) is 0 Å². The lowest BCUT2D eigenvalue weighted by molar-refractivity contribution is -0.394. The van der Waals surface area contributed by atoms with Crippen LogP contribution in [0, 0.1) is 20.2 Å². The summed E-state index contributed by atoms with van der Waals surface area (Å²) in [5.41, 5.74) is -0.0346. The molecule has 31 heavy (non-hydrogen) atoms. The topological polar surface area (TPSA) is 132 Å². The predicted octanol–water partition coefficient (Wildman–Crippen LogP) is 4.74. The molecule has 1 aliphatic rings. The molecule has 0 saturated heterocycles. The molecule has 2 aromatic carbocycles. The number of amides is 1. The molecule has 4 rings (SSSR count). The largest absolute Gasteiger partial charge is 0.467 e. The second-order valence-corrected chi connectivity index (χ2v) is 7.13. The Bertz CT molecular complexity index is 1170. The number of hydrazone groups is 1. The van der Waals surface area contributed by atoms with Crippen molar-refractivity contribution in [1.29, 1.82) is 0 Å². The van der Waals surface area contributed by atoms with Gasteiger partial charge in [-0.3, -0.25) is 25.0 Å². The first-order valence-corrected chi connectivity index (χ1v) is 9.35. The van der Waals surface area contributed by atoms with Crippen molar-refractivity contribution in [3.05, 3.63) is 103 Å². The molecular formula is C20H13ClN4O6. The smallest absolute Gasteiger partial charge is 0.277 e. The highest BCUT2D eigenvalue weighted by Gasteiger charge is 2.36. The van der Waals surface area contributed by atoms with Crippen molar-refractivity contribution in [3.63, 3.8) is 0 Å². The molecule has 10 nitrogen and oxygen atoms in total. The number of carbonyl (C=O) groups excluding carboxylic acids is 1. The quantitative estimate of drug-likeness (QED) is 0.415. The monoisotopic (exact) mass is 440 g/mol. The van der Waals surface area contributed by atoms with Gasteiger partial charge < -0.3 is 4.42 Å². The summed E-state index contributed by atoms with van der Waals surface area (Å²) >= 11 is 5.94. The zero-order valence-corrected chi connectivity index (χ0v) is 16.4. The van der Waals surface area contributed by atoms with Gasteiger partial charge in [-0.05, 0) is 29.8 Å². The number of nitrogens with zero attached hydrogens (tertiary/aromatic N) is 4. The summed E-state index contributed by atoms with van der Waals surface area (Å²) in [6.45, 7) is 0. The van der Waals surface area contributed by atoms with Gasteiger partial charge >= 0.3 is 0 Å². The van der Waals surface area contributed by atoms with Gasteiger partial charge in [0.15, 0.2) is 0 Å². The molecule has 0 aliphatic carbocycles. The minimum absolute atomic E-state index is 0.224. The van der Waals surface area contributed by atoms with E-state index < -0.39 is 33.2 Å². The number of benzene rings is 2. The number of hydrogen-bond acceptors (Lipinski definition) is 7. The molecular weight excluding hydrogens is 428 g/mol. The maximum Gasteiger partial charge on any atom is 0.277 e. The van der Waals surface area contributed by atoms with E-state index in [2.05, 4.69) is 5.10 Å². The van der Waals surface area contributed by atoms with Crippen LogP contribution in [0.5, 0.6) is 0 Å². The number of carbonyl (C=O) groups is 1.